The van der Waals surface area contributed by atoms with Crippen LogP contribution in [0, 0.1) is 0 Å². The number of hydrogen-bond acceptors (Lipinski definition) is 1. The van der Waals surface area contributed by atoms with E-state index in [2.05, 4.69) is 0 Å². The zero-order chi connectivity index (χ0) is 4.12. The topological polar surface area (TPSA) is 9.23 Å². The number of hydrogen-bond donors (Lipinski definition) is 0. The van der Waals surface area contributed by atoms with E-state index in [-0.39, 0.29) is 17.1 Å². The van der Waals surface area contributed by atoms with Crippen LogP contribution < -0.4 is 0 Å². The van der Waals surface area contributed by atoms with Crippen LogP contribution in [0.4, 0.5) is 0 Å². The van der Waals surface area contributed by atoms with E-state index >= 15 is 0 Å². The fraction of sp³-hybridized carbons (Fsp3) is 1.00. The monoisotopic (exact) mass is 156 g/mol. The van der Waals surface area contributed by atoms with E-state index in [9.17, 15) is 0 Å². The second-order valence-electron chi connectivity index (χ2n) is 0.781. The summed E-state index contributed by atoms with van der Waals surface area (Å²) in [7, 11) is 0. The molecule has 0 heterocycles. The molecule has 0 N–H and O–H groups in total. The second-order valence-corrected chi connectivity index (χ2v) is 0.781. The van der Waals surface area contributed by atoms with Crippen LogP contribution in [-0.2, 0) is 4.74 Å². The van der Waals surface area contributed by atoms with E-state index in [0.717, 1.165) is 13.2 Å². The molecule has 0 aromatic carbocycles. The Balaban J connectivity index is 0. The Bertz CT molecular complexity index is 15.0. The molecular formula is C4H12OSe. The molecular weight excluding hydrogens is 143 g/mol. The van der Waals surface area contributed by atoms with Gasteiger partial charge in [-0.25, -0.2) is 0 Å². The van der Waals surface area contributed by atoms with Crippen LogP contribution in [0.1, 0.15) is 13.8 Å². The summed E-state index contributed by atoms with van der Waals surface area (Å²) in [5.41, 5.74) is 0. The van der Waals surface area contributed by atoms with Crippen molar-refractivity contribution in [1.29, 1.82) is 0 Å². The average Bonchev–Trinajstić information content (AvgIpc) is 1.41. The van der Waals surface area contributed by atoms with E-state index in [0.29, 0.717) is 0 Å². The molecule has 0 fully saturated rings. The average molecular weight is 155 g/mol. The van der Waals surface area contributed by atoms with Gasteiger partial charge in [0.15, 0.2) is 0 Å². The fourth-order valence-corrected chi connectivity index (χ4v) is 0.204. The maximum absolute atomic E-state index is 4.83. The van der Waals surface area contributed by atoms with Crippen LogP contribution in [-0.4, -0.2) is 30.3 Å². The third kappa shape index (κ3) is 8.82. The molecule has 0 aromatic heterocycles. The van der Waals surface area contributed by atoms with Crippen LogP contribution in [0.3, 0.4) is 0 Å². The first kappa shape index (κ1) is 9.70. The predicted molar refractivity (Wildman–Crippen MR) is 30.7 cm³/mol. The molecule has 0 aliphatic carbocycles. The van der Waals surface area contributed by atoms with Gasteiger partial charge in [-0.05, 0) is 13.8 Å². The summed E-state index contributed by atoms with van der Waals surface area (Å²) in [6.45, 7) is 5.67. The quantitative estimate of drug-likeness (QED) is 0.515. The summed E-state index contributed by atoms with van der Waals surface area (Å²) in [6, 6.07) is 0. The first-order valence-electron chi connectivity index (χ1n) is 1.99. The maximum atomic E-state index is 4.83. The van der Waals surface area contributed by atoms with E-state index < -0.39 is 0 Å². The Hall–Kier alpha value is 0.479. The Kier molecular flexibility index (Phi) is 14.7. The third-order valence-electron chi connectivity index (χ3n) is 0.408. The Morgan fingerprint density at radius 3 is 1.50 bits per heavy atom. The number of ether oxygens (including phenoxy) is 1. The van der Waals surface area contributed by atoms with Crippen molar-refractivity contribution >= 4 is 17.1 Å². The van der Waals surface area contributed by atoms with Crippen LogP contribution in [0.2, 0.25) is 0 Å². The van der Waals surface area contributed by atoms with Crippen molar-refractivity contribution in [2.45, 2.75) is 13.8 Å². The van der Waals surface area contributed by atoms with Crippen LogP contribution in [0.25, 0.3) is 0 Å². The second kappa shape index (κ2) is 9.08. The molecule has 0 spiro atoms. The molecule has 0 atom stereocenters. The normalized spacial score (nSPS) is 7.00. The predicted octanol–water partition coefficient (Wildman–Crippen LogP) is 0.127. The molecule has 0 unspecified atom stereocenters. The van der Waals surface area contributed by atoms with Crippen molar-refractivity contribution in [3.05, 3.63) is 0 Å². The van der Waals surface area contributed by atoms with Gasteiger partial charge in [0.1, 0.15) is 0 Å². The zero-order valence-electron chi connectivity index (χ0n) is 4.32. The van der Waals surface area contributed by atoms with Gasteiger partial charge in [-0.2, -0.15) is 0 Å². The fourth-order valence-electron chi connectivity index (χ4n) is 0.204. The molecule has 0 aromatic rings. The van der Waals surface area contributed by atoms with Gasteiger partial charge >= 0.3 is 17.1 Å². The van der Waals surface area contributed by atoms with Crippen molar-refractivity contribution in [3.8, 4) is 0 Å². The van der Waals surface area contributed by atoms with Gasteiger partial charge in [0.2, 0.25) is 0 Å². The molecule has 0 amide bonds. The summed E-state index contributed by atoms with van der Waals surface area (Å²) < 4.78 is 4.83. The Labute approximate surface area is 49.5 Å². The summed E-state index contributed by atoms with van der Waals surface area (Å²) in [6.07, 6.45) is 0. The molecule has 0 radical (unpaired) electrons. The minimum absolute atomic E-state index is 0. The van der Waals surface area contributed by atoms with Crippen molar-refractivity contribution in [1.82, 2.24) is 0 Å². The van der Waals surface area contributed by atoms with E-state index in [4.69, 9.17) is 4.74 Å². The summed E-state index contributed by atoms with van der Waals surface area (Å²) in [5.74, 6) is 0. The standard InChI is InChI=1S/C4H10O.H2Se/c1-3-5-4-2;/h3-4H2,1-2H3;1H2. The molecule has 0 aliphatic rings. The van der Waals surface area contributed by atoms with Crippen molar-refractivity contribution in [3.63, 3.8) is 0 Å². The van der Waals surface area contributed by atoms with E-state index in [1.54, 1.807) is 0 Å². The van der Waals surface area contributed by atoms with Gasteiger partial charge in [0.25, 0.3) is 0 Å². The van der Waals surface area contributed by atoms with Crippen molar-refractivity contribution in [2.24, 2.45) is 0 Å². The van der Waals surface area contributed by atoms with Gasteiger partial charge in [0.05, 0.1) is 0 Å². The third-order valence-corrected chi connectivity index (χ3v) is 0.408. The molecule has 0 bridgehead atoms. The van der Waals surface area contributed by atoms with Gasteiger partial charge in [-0.3, -0.25) is 0 Å². The molecule has 0 rings (SSSR count). The first-order chi connectivity index (χ1) is 2.41. The molecule has 0 saturated heterocycles. The van der Waals surface area contributed by atoms with Crippen LogP contribution in [0.5, 0.6) is 0 Å². The van der Waals surface area contributed by atoms with Gasteiger partial charge < -0.3 is 4.74 Å². The van der Waals surface area contributed by atoms with Crippen molar-refractivity contribution < 1.29 is 4.74 Å². The molecule has 2 heteroatoms. The molecule has 0 saturated carbocycles. The van der Waals surface area contributed by atoms with Crippen LogP contribution >= 0.6 is 0 Å². The van der Waals surface area contributed by atoms with Gasteiger partial charge in [0, 0.05) is 13.2 Å². The van der Waals surface area contributed by atoms with E-state index in [1.807, 2.05) is 13.8 Å². The van der Waals surface area contributed by atoms with Gasteiger partial charge in [-0.15, -0.1) is 0 Å². The molecule has 0 aliphatic heterocycles. The molecule has 6 heavy (non-hydrogen) atoms. The number of rotatable bonds is 2. The first-order valence-corrected chi connectivity index (χ1v) is 1.99. The zero-order valence-corrected chi connectivity index (χ0v) is 6.42. The summed E-state index contributed by atoms with van der Waals surface area (Å²) >= 11 is 0. The minimum atomic E-state index is 0. The van der Waals surface area contributed by atoms with Crippen LogP contribution in [0.15, 0.2) is 0 Å². The van der Waals surface area contributed by atoms with E-state index in [1.165, 1.54) is 0 Å². The van der Waals surface area contributed by atoms with Crippen molar-refractivity contribution in [2.75, 3.05) is 13.2 Å². The van der Waals surface area contributed by atoms with Gasteiger partial charge in [-0.1, -0.05) is 0 Å². The summed E-state index contributed by atoms with van der Waals surface area (Å²) in [5, 5.41) is 0. The Morgan fingerprint density at radius 1 is 1.17 bits per heavy atom. The molecule has 40 valence electrons. The SMILES string of the molecule is CCOCC.[SeH2]. The molecule has 1 nitrogen and oxygen atoms in total. The Morgan fingerprint density at radius 2 is 1.50 bits per heavy atom. The summed E-state index contributed by atoms with van der Waals surface area (Å²) in [4.78, 5) is 0.